The van der Waals surface area contributed by atoms with Crippen LogP contribution < -0.4 is 0 Å². The minimum absolute atomic E-state index is 0.225. The van der Waals surface area contributed by atoms with Crippen molar-refractivity contribution < 1.29 is 23.0 Å². The molecular weight excluding hydrogens is 283 g/mol. The molecular formula is C15H20F3NO2. The Morgan fingerprint density at radius 3 is 2.29 bits per heavy atom. The number of pyridine rings is 1. The molecule has 0 aliphatic carbocycles. The first kappa shape index (κ1) is 16.2. The minimum Gasteiger partial charge on any atom is -0.386 e. The summed E-state index contributed by atoms with van der Waals surface area (Å²) in [6, 6.07) is 2.17. The summed E-state index contributed by atoms with van der Waals surface area (Å²) in [6.45, 7) is 7.61. The van der Waals surface area contributed by atoms with Crippen molar-refractivity contribution in [1.82, 2.24) is 4.98 Å². The second-order valence-corrected chi connectivity index (χ2v) is 6.69. The van der Waals surface area contributed by atoms with E-state index in [-0.39, 0.29) is 17.2 Å². The monoisotopic (exact) mass is 303 g/mol. The standard InChI is InChI=1S/C15H20F3NO2/c1-13(2)7-10(14(3,4)21-13)12(20)11-6-5-9(8-19-11)15(16,17)18/h5-6,8,10,12,20H,7H2,1-4H3. The number of nitrogens with zero attached hydrogens (tertiary/aromatic N) is 1. The lowest BCUT2D eigenvalue weighted by Gasteiger charge is -2.30. The van der Waals surface area contributed by atoms with E-state index in [1.807, 2.05) is 27.7 Å². The number of rotatable bonds is 2. The highest BCUT2D eigenvalue weighted by Gasteiger charge is 2.49. The van der Waals surface area contributed by atoms with E-state index in [2.05, 4.69) is 4.98 Å². The average molecular weight is 303 g/mol. The first-order valence-electron chi connectivity index (χ1n) is 6.84. The first-order chi connectivity index (χ1) is 9.42. The smallest absolute Gasteiger partial charge is 0.386 e. The van der Waals surface area contributed by atoms with Crippen molar-refractivity contribution in [3.63, 3.8) is 0 Å². The molecule has 0 amide bonds. The molecule has 1 saturated heterocycles. The normalized spacial score (nSPS) is 25.8. The Morgan fingerprint density at radius 1 is 1.29 bits per heavy atom. The van der Waals surface area contributed by atoms with Gasteiger partial charge in [0.15, 0.2) is 0 Å². The third kappa shape index (κ3) is 3.37. The van der Waals surface area contributed by atoms with Gasteiger partial charge in [-0.05, 0) is 46.2 Å². The Balaban J connectivity index is 2.23. The van der Waals surface area contributed by atoms with E-state index < -0.39 is 23.4 Å². The molecule has 118 valence electrons. The Hall–Kier alpha value is -1.14. The zero-order valence-electron chi connectivity index (χ0n) is 12.5. The van der Waals surface area contributed by atoms with Gasteiger partial charge in [0.2, 0.25) is 0 Å². The summed E-state index contributed by atoms with van der Waals surface area (Å²) >= 11 is 0. The van der Waals surface area contributed by atoms with Crippen LogP contribution >= 0.6 is 0 Å². The van der Waals surface area contributed by atoms with Crippen molar-refractivity contribution in [2.75, 3.05) is 0 Å². The largest absolute Gasteiger partial charge is 0.417 e. The molecule has 2 heterocycles. The number of hydrogen-bond donors (Lipinski definition) is 1. The summed E-state index contributed by atoms with van der Waals surface area (Å²) in [5.74, 6) is -0.225. The van der Waals surface area contributed by atoms with Crippen LogP contribution in [0.25, 0.3) is 0 Å². The Labute approximate surface area is 122 Å². The van der Waals surface area contributed by atoms with Crippen molar-refractivity contribution in [2.45, 2.75) is 57.6 Å². The van der Waals surface area contributed by atoms with Crippen LogP contribution in [0.1, 0.15) is 51.5 Å². The van der Waals surface area contributed by atoms with E-state index in [0.717, 1.165) is 12.3 Å². The van der Waals surface area contributed by atoms with Crippen LogP contribution in [0.3, 0.4) is 0 Å². The zero-order valence-corrected chi connectivity index (χ0v) is 12.5. The molecule has 1 aliphatic rings. The van der Waals surface area contributed by atoms with Gasteiger partial charge in [-0.1, -0.05) is 0 Å². The maximum absolute atomic E-state index is 12.5. The van der Waals surface area contributed by atoms with Crippen LogP contribution in [0.15, 0.2) is 18.3 Å². The number of halogens is 3. The van der Waals surface area contributed by atoms with Gasteiger partial charge in [0, 0.05) is 12.1 Å². The lowest BCUT2D eigenvalue weighted by atomic mass is 9.82. The molecule has 6 heteroatoms. The minimum atomic E-state index is -4.42. The van der Waals surface area contributed by atoms with Crippen molar-refractivity contribution >= 4 is 0 Å². The molecule has 3 nitrogen and oxygen atoms in total. The van der Waals surface area contributed by atoms with Gasteiger partial charge >= 0.3 is 6.18 Å². The summed E-state index contributed by atoms with van der Waals surface area (Å²) in [4.78, 5) is 3.78. The van der Waals surface area contributed by atoms with Gasteiger partial charge in [-0.15, -0.1) is 0 Å². The van der Waals surface area contributed by atoms with Crippen LogP contribution in [0.2, 0.25) is 0 Å². The number of aromatic nitrogens is 1. The van der Waals surface area contributed by atoms with E-state index in [9.17, 15) is 18.3 Å². The summed E-state index contributed by atoms with van der Waals surface area (Å²) in [5.41, 5.74) is -1.52. The van der Waals surface area contributed by atoms with E-state index in [0.29, 0.717) is 6.42 Å². The van der Waals surface area contributed by atoms with Gasteiger partial charge in [-0.3, -0.25) is 4.98 Å². The van der Waals surface area contributed by atoms with Gasteiger partial charge in [-0.2, -0.15) is 13.2 Å². The molecule has 0 aromatic carbocycles. The van der Waals surface area contributed by atoms with Crippen LogP contribution in [-0.4, -0.2) is 21.3 Å². The van der Waals surface area contributed by atoms with Crippen molar-refractivity contribution in [1.29, 1.82) is 0 Å². The van der Waals surface area contributed by atoms with Gasteiger partial charge in [0.1, 0.15) is 6.10 Å². The van der Waals surface area contributed by atoms with E-state index in [4.69, 9.17) is 4.74 Å². The van der Waals surface area contributed by atoms with Crippen LogP contribution in [0.5, 0.6) is 0 Å². The molecule has 2 unspecified atom stereocenters. The second-order valence-electron chi connectivity index (χ2n) is 6.69. The highest BCUT2D eigenvalue weighted by atomic mass is 19.4. The zero-order chi connectivity index (χ0) is 16.1. The average Bonchev–Trinajstić information content (AvgIpc) is 2.55. The molecule has 1 aliphatic heterocycles. The molecule has 2 rings (SSSR count). The lowest BCUT2D eigenvalue weighted by molar-refractivity contribution is -0.137. The maximum Gasteiger partial charge on any atom is 0.417 e. The fourth-order valence-electron chi connectivity index (χ4n) is 3.05. The molecule has 1 N–H and O–H groups in total. The number of alkyl halides is 3. The van der Waals surface area contributed by atoms with Crippen LogP contribution in [0.4, 0.5) is 13.2 Å². The summed E-state index contributed by atoms with van der Waals surface area (Å²) < 4.78 is 43.5. The van der Waals surface area contributed by atoms with Crippen molar-refractivity contribution in [2.24, 2.45) is 5.92 Å². The molecule has 1 aromatic rings. The Bertz CT molecular complexity index is 509. The van der Waals surface area contributed by atoms with Crippen molar-refractivity contribution in [3.8, 4) is 0 Å². The molecule has 0 saturated carbocycles. The van der Waals surface area contributed by atoms with E-state index >= 15 is 0 Å². The SMILES string of the molecule is CC1(C)CC(C(O)c2ccc(C(F)(F)F)cn2)C(C)(C)O1. The third-order valence-corrected chi connectivity index (χ3v) is 3.94. The summed E-state index contributed by atoms with van der Waals surface area (Å²) in [7, 11) is 0. The quantitative estimate of drug-likeness (QED) is 0.905. The molecule has 0 radical (unpaired) electrons. The third-order valence-electron chi connectivity index (χ3n) is 3.94. The number of aliphatic hydroxyl groups is 1. The van der Waals surface area contributed by atoms with Gasteiger partial charge in [0.05, 0.1) is 22.5 Å². The van der Waals surface area contributed by atoms with Crippen LogP contribution in [-0.2, 0) is 10.9 Å². The highest BCUT2D eigenvalue weighted by Crippen LogP contribution is 2.47. The number of aliphatic hydroxyl groups excluding tert-OH is 1. The number of hydrogen-bond acceptors (Lipinski definition) is 3. The molecule has 1 aromatic heterocycles. The van der Waals surface area contributed by atoms with Crippen LogP contribution in [0, 0.1) is 5.92 Å². The fraction of sp³-hybridized carbons (Fsp3) is 0.667. The molecule has 2 atom stereocenters. The molecule has 0 spiro atoms. The predicted molar refractivity (Wildman–Crippen MR) is 71.5 cm³/mol. The Morgan fingerprint density at radius 2 is 1.90 bits per heavy atom. The summed E-state index contributed by atoms with van der Waals surface area (Å²) in [5, 5.41) is 10.5. The molecule has 21 heavy (non-hydrogen) atoms. The predicted octanol–water partition coefficient (Wildman–Crippen LogP) is 3.73. The maximum atomic E-state index is 12.5. The van der Waals surface area contributed by atoms with Gasteiger partial charge in [0.25, 0.3) is 0 Å². The lowest BCUT2D eigenvalue weighted by Crippen LogP contribution is -2.33. The van der Waals surface area contributed by atoms with Gasteiger partial charge < -0.3 is 9.84 Å². The van der Waals surface area contributed by atoms with E-state index in [1.165, 1.54) is 6.07 Å². The second kappa shape index (κ2) is 4.95. The van der Waals surface area contributed by atoms with Crippen molar-refractivity contribution in [3.05, 3.63) is 29.6 Å². The van der Waals surface area contributed by atoms with Gasteiger partial charge in [-0.25, -0.2) is 0 Å². The first-order valence-corrected chi connectivity index (χ1v) is 6.84. The highest BCUT2D eigenvalue weighted by molar-refractivity contribution is 5.19. The Kier molecular flexibility index (Phi) is 3.83. The van der Waals surface area contributed by atoms with E-state index in [1.54, 1.807) is 0 Å². The fourth-order valence-corrected chi connectivity index (χ4v) is 3.05. The molecule has 0 bridgehead atoms. The topological polar surface area (TPSA) is 42.4 Å². The summed E-state index contributed by atoms with van der Waals surface area (Å²) in [6.07, 6.45) is -4.01. The number of ether oxygens (including phenoxy) is 1. The molecule has 1 fully saturated rings.